The summed E-state index contributed by atoms with van der Waals surface area (Å²) in [4.78, 5) is 7.14. The fourth-order valence-electron chi connectivity index (χ4n) is 3.05. The normalized spacial score (nSPS) is 15.8. The van der Waals surface area contributed by atoms with Gasteiger partial charge in [0.05, 0.1) is 13.2 Å². The molecule has 6 heteroatoms. The Hall–Kier alpha value is -1.79. The van der Waals surface area contributed by atoms with Crippen LogP contribution in [0.2, 0.25) is 0 Å². The molecule has 0 saturated carbocycles. The van der Waals surface area contributed by atoms with Crippen molar-refractivity contribution >= 4 is 5.96 Å². The first-order valence-corrected chi connectivity index (χ1v) is 10.1. The van der Waals surface area contributed by atoms with Crippen molar-refractivity contribution in [3.8, 4) is 5.75 Å². The highest BCUT2D eigenvalue weighted by molar-refractivity contribution is 5.80. The molecule has 1 aliphatic rings. The number of benzene rings is 1. The Balaban J connectivity index is 1.68. The Morgan fingerprint density at radius 1 is 1.11 bits per heavy atom. The molecule has 0 aromatic heterocycles. The second-order valence-electron chi connectivity index (χ2n) is 6.67. The van der Waals surface area contributed by atoms with E-state index in [-0.39, 0.29) is 6.10 Å². The van der Waals surface area contributed by atoms with Gasteiger partial charge < -0.3 is 24.4 Å². The van der Waals surface area contributed by atoms with E-state index in [1.165, 1.54) is 0 Å². The van der Waals surface area contributed by atoms with E-state index in [2.05, 4.69) is 17.1 Å². The standard InChI is InChI=1S/C21H35N3O3/c1-3-22-21(23-13-7-8-16-26-18-17-25-2)24-14-11-20(12-15-24)27-19-9-5-4-6-10-19/h4-6,9-10,20H,3,7-8,11-18H2,1-2H3,(H,22,23). The summed E-state index contributed by atoms with van der Waals surface area (Å²) in [6, 6.07) is 10.1. The Bertz CT molecular complexity index is 517. The van der Waals surface area contributed by atoms with Crippen LogP contribution in [0.15, 0.2) is 35.3 Å². The number of aliphatic imine (C=N–C) groups is 1. The van der Waals surface area contributed by atoms with E-state index in [9.17, 15) is 0 Å². The minimum atomic E-state index is 0.288. The second-order valence-corrected chi connectivity index (χ2v) is 6.67. The van der Waals surface area contributed by atoms with Crippen LogP contribution in [0.1, 0.15) is 32.6 Å². The van der Waals surface area contributed by atoms with Crippen molar-refractivity contribution in [3.63, 3.8) is 0 Å². The number of para-hydroxylation sites is 1. The molecule has 2 rings (SSSR count). The summed E-state index contributed by atoms with van der Waals surface area (Å²) in [5.41, 5.74) is 0. The fourth-order valence-corrected chi connectivity index (χ4v) is 3.05. The minimum absolute atomic E-state index is 0.288. The van der Waals surface area contributed by atoms with Gasteiger partial charge in [-0.2, -0.15) is 0 Å². The maximum atomic E-state index is 6.09. The highest BCUT2D eigenvalue weighted by atomic mass is 16.5. The van der Waals surface area contributed by atoms with E-state index in [0.717, 1.165) is 70.2 Å². The zero-order valence-corrected chi connectivity index (χ0v) is 16.9. The maximum absolute atomic E-state index is 6.09. The number of unbranched alkanes of at least 4 members (excludes halogenated alkanes) is 1. The molecule has 0 bridgehead atoms. The van der Waals surface area contributed by atoms with Crippen LogP contribution in [0.4, 0.5) is 0 Å². The van der Waals surface area contributed by atoms with Crippen LogP contribution in [0.25, 0.3) is 0 Å². The van der Waals surface area contributed by atoms with Gasteiger partial charge in [-0.3, -0.25) is 4.99 Å². The van der Waals surface area contributed by atoms with Crippen LogP contribution in [0, 0.1) is 0 Å². The van der Waals surface area contributed by atoms with Crippen molar-refractivity contribution in [2.75, 3.05) is 53.1 Å². The number of methoxy groups -OCH3 is 1. The molecule has 1 aliphatic heterocycles. The fraction of sp³-hybridized carbons (Fsp3) is 0.667. The van der Waals surface area contributed by atoms with Gasteiger partial charge in [0.2, 0.25) is 0 Å². The molecule has 1 aromatic carbocycles. The van der Waals surface area contributed by atoms with Gasteiger partial charge in [0.25, 0.3) is 0 Å². The van der Waals surface area contributed by atoms with Gasteiger partial charge in [0, 0.05) is 52.7 Å². The van der Waals surface area contributed by atoms with Crippen LogP contribution in [0.3, 0.4) is 0 Å². The lowest BCUT2D eigenvalue weighted by atomic mass is 10.1. The molecule has 1 saturated heterocycles. The van der Waals surface area contributed by atoms with Crippen molar-refractivity contribution in [2.24, 2.45) is 4.99 Å². The van der Waals surface area contributed by atoms with Gasteiger partial charge in [-0.15, -0.1) is 0 Å². The van der Waals surface area contributed by atoms with Gasteiger partial charge in [-0.05, 0) is 31.9 Å². The highest BCUT2D eigenvalue weighted by Crippen LogP contribution is 2.18. The number of nitrogens with zero attached hydrogens (tertiary/aromatic N) is 2. The molecule has 0 amide bonds. The van der Waals surface area contributed by atoms with Gasteiger partial charge in [-0.25, -0.2) is 0 Å². The molecular weight excluding hydrogens is 342 g/mol. The number of ether oxygens (including phenoxy) is 3. The molecule has 0 aliphatic carbocycles. The third kappa shape index (κ3) is 8.63. The third-order valence-corrected chi connectivity index (χ3v) is 4.51. The van der Waals surface area contributed by atoms with Crippen molar-refractivity contribution < 1.29 is 14.2 Å². The third-order valence-electron chi connectivity index (χ3n) is 4.51. The lowest BCUT2D eigenvalue weighted by Crippen LogP contribution is -2.47. The van der Waals surface area contributed by atoms with Crippen LogP contribution in [0.5, 0.6) is 5.75 Å². The molecule has 0 unspecified atom stereocenters. The quantitative estimate of drug-likeness (QED) is 0.365. The van der Waals surface area contributed by atoms with Crippen molar-refractivity contribution in [1.82, 2.24) is 10.2 Å². The summed E-state index contributed by atoms with van der Waals surface area (Å²) >= 11 is 0. The predicted octanol–water partition coefficient (Wildman–Crippen LogP) is 2.94. The van der Waals surface area contributed by atoms with Crippen LogP contribution in [-0.4, -0.2) is 70.1 Å². The van der Waals surface area contributed by atoms with E-state index in [1.54, 1.807) is 7.11 Å². The Morgan fingerprint density at radius 2 is 1.89 bits per heavy atom. The molecule has 27 heavy (non-hydrogen) atoms. The van der Waals surface area contributed by atoms with Crippen LogP contribution < -0.4 is 10.1 Å². The molecular formula is C21H35N3O3. The first-order valence-electron chi connectivity index (χ1n) is 10.1. The zero-order chi connectivity index (χ0) is 19.2. The van der Waals surface area contributed by atoms with Crippen molar-refractivity contribution in [2.45, 2.75) is 38.7 Å². The number of piperidine rings is 1. The maximum Gasteiger partial charge on any atom is 0.193 e. The van der Waals surface area contributed by atoms with E-state index in [4.69, 9.17) is 19.2 Å². The molecule has 1 fully saturated rings. The molecule has 1 N–H and O–H groups in total. The summed E-state index contributed by atoms with van der Waals surface area (Å²) < 4.78 is 16.5. The lowest BCUT2D eigenvalue weighted by molar-refractivity contribution is 0.0690. The second kappa shape index (κ2) is 13.4. The van der Waals surface area contributed by atoms with Crippen LogP contribution in [-0.2, 0) is 9.47 Å². The van der Waals surface area contributed by atoms with Crippen molar-refractivity contribution in [1.29, 1.82) is 0 Å². The monoisotopic (exact) mass is 377 g/mol. The van der Waals surface area contributed by atoms with Gasteiger partial charge in [-0.1, -0.05) is 18.2 Å². The van der Waals surface area contributed by atoms with Crippen LogP contribution >= 0.6 is 0 Å². The summed E-state index contributed by atoms with van der Waals surface area (Å²) in [5.74, 6) is 1.99. The van der Waals surface area contributed by atoms with Gasteiger partial charge >= 0.3 is 0 Å². The smallest absolute Gasteiger partial charge is 0.193 e. The van der Waals surface area contributed by atoms with Gasteiger partial charge in [0.15, 0.2) is 5.96 Å². The summed E-state index contributed by atoms with van der Waals surface area (Å²) in [7, 11) is 1.69. The molecule has 152 valence electrons. The number of likely N-dealkylation sites (tertiary alicyclic amines) is 1. The van der Waals surface area contributed by atoms with Gasteiger partial charge in [0.1, 0.15) is 11.9 Å². The SMILES string of the molecule is CCNC(=NCCCCOCCOC)N1CCC(Oc2ccccc2)CC1. The van der Waals surface area contributed by atoms with E-state index >= 15 is 0 Å². The number of rotatable bonds is 11. The zero-order valence-electron chi connectivity index (χ0n) is 16.9. The topological polar surface area (TPSA) is 55.3 Å². The summed E-state index contributed by atoms with van der Waals surface area (Å²) in [6.07, 6.45) is 4.39. The Kier molecular flexibility index (Phi) is 10.7. The molecule has 0 atom stereocenters. The Labute approximate surface area is 163 Å². The molecule has 1 heterocycles. The van der Waals surface area contributed by atoms with E-state index in [1.807, 2.05) is 30.3 Å². The first-order chi connectivity index (χ1) is 13.3. The van der Waals surface area contributed by atoms with Crippen molar-refractivity contribution in [3.05, 3.63) is 30.3 Å². The summed E-state index contributed by atoms with van der Waals surface area (Å²) in [6.45, 7) is 7.89. The van der Waals surface area contributed by atoms with E-state index in [0.29, 0.717) is 13.2 Å². The summed E-state index contributed by atoms with van der Waals surface area (Å²) in [5, 5.41) is 3.42. The number of hydrogen-bond acceptors (Lipinski definition) is 4. The predicted molar refractivity (Wildman–Crippen MR) is 110 cm³/mol. The number of hydrogen-bond donors (Lipinski definition) is 1. The molecule has 0 radical (unpaired) electrons. The average Bonchev–Trinajstić information content (AvgIpc) is 2.70. The number of nitrogens with one attached hydrogen (secondary N) is 1. The lowest BCUT2D eigenvalue weighted by Gasteiger charge is -2.34. The Morgan fingerprint density at radius 3 is 2.59 bits per heavy atom. The number of guanidine groups is 1. The minimum Gasteiger partial charge on any atom is -0.490 e. The van der Waals surface area contributed by atoms with E-state index < -0.39 is 0 Å². The molecule has 6 nitrogen and oxygen atoms in total. The highest BCUT2D eigenvalue weighted by Gasteiger charge is 2.22. The average molecular weight is 378 g/mol. The largest absolute Gasteiger partial charge is 0.490 e. The molecule has 1 aromatic rings. The first kappa shape index (κ1) is 21.5. The molecule has 0 spiro atoms.